The molecule has 2 atom stereocenters. The smallest absolute Gasteiger partial charge is 0.217 e. The Bertz CT molecular complexity index is 461. The second kappa shape index (κ2) is 10.7. The molecule has 0 aliphatic carbocycles. The highest BCUT2D eigenvalue weighted by Crippen LogP contribution is 2.19. The van der Waals surface area contributed by atoms with Gasteiger partial charge in [-0.1, -0.05) is 13.8 Å². The van der Waals surface area contributed by atoms with Crippen LogP contribution in [0.2, 0.25) is 0 Å². The maximum Gasteiger partial charge on any atom is 0.217 e. The number of rotatable bonds is 7. The van der Waals surface area contributed by atoms with E-state index < -0.39 is 0 Å². The monoisotopic (exact) mass is 366 g/mol. The summed E-state index contributed by atoms with van der Waals surface area (Å²) in [7, 11) is 1.84. The zero-order valence-electron chi connectivity index (χ0n) is 16.9. The van der Waals surface area contributed by atoms with E-state index >= 15 is 0 Å². The molecule has 26 heavy (non-hydrogen) atoms. The van der Waals surface area contributed by atoms with E-state index in [1.807, 2.05) is 7.05 Å². The van der Waals surface area contributed by atoms with Gasteiger partial charge in [-0.05, 0) is 31.2 Å². The minimum absolute atomic E-state index is 0.198. The molecule has 3 N–H and O–H groups in total. The normalized spacial score (nSPS) is 24.5. The highest BCUT2D eigenvalue weighted by Gasteiger charge is 2.24. The number of likely N-dealkylation sites (tertiary alicyclic amines) is 1. The lowest BCUT2D eigenvalue weighted by atomic mass is 9.95. The van der Waals surface area contributed by atoms with Crippen LogP contribution in [0.4, 0.5) is 0 Å². The van der Waals surface area contributed by atoms with E-state index in [0.717, 1.165) is 51.5 Å². The van der Waals surface area contributed by atoms with Gasteiger partial charge < -0.3 is 25.8 Å². The second-order valence-electron chi connectivity index (χ2n) is 7.89. The first kappa shape index (κ1) is 21.0. The summed E-state index contributed by atoms with van der Waals surface area (Å²) in [5.74, 6) is 1.69. The van der Waals surface area contributed by atoms with Crippen molar-refractivity contribution < 1.29 is 4.79 Å². The van der Waals surface area contributed by atoms with Crippen molar-refractivity contribution in [1.82, 2.24) is 20.0 Å². The van der Waals surface area contributed by atoms with Crippen LogP contribution in [0.3, 0.4) is 0 Å². The molecule has 0 aromatic carbocycles. The second-order valence-corrected chi connectivity index (χ2v) is 7.89. The molecule has 0 saturated carbocycles. The number of likely N-dealkylation sites (N-methyl/N-ethyl adjacent to an activating group) is 1. The van der Waals surface area contributed by atoms with Crippen molar-refractivity contribution in [2.75, 3.05) is 66.0 Å². The minimum atomic E-state index is -0.198. The van der Waals surface area contributed by atoms with E-state index in [1.165, 1.54) is 26.2 Å². The van der Waals surface area contributed by atoms with Crippen LogP contribution >= 0.6 is 0 Å². The summed E-state index contributed by atoms with van der Waals surface area (Å²) in [5, 5.41) is 3.54. The van der Waals surface area contributed by atoms with Crippen LogP contribution in [0.25, 0.3) is 0 Å². The first-order chi connectivity index (χ1) is 12.5. The number of carbonyl (C=O) groups is 1. The molecule has 2 fully saturated rings. The molecule has 0 spiro atoms. The number of aliphatic imine (C=N–C) groups is 1. The van der Waals surface area contributed by atoms with Crippen molar-refractivity contribution in [2.24, 2.45) is 22.6 Å². The van der Waals surface area contributed by atoms with E-state index in [2.05, 4.69) is 38.9 Å². The first-order valence-corrected chi connectivity index (χ1v) is 10.2. The maximum absolute atomic E-state index is 11.2. The summed E-state index contributed by atoms with van der Waals surface area (Å²) in [6.45, 7) is 14.4. The van der Waals surface area contributed by atoms with Crippen molar-refractivity contribution in [3.63, 3.8) is 0 Å². The molecular weight excluding hydrogens is 328 g/mol. The molecule has 2 aliphatic rings. The van der Waals surface area contributed by atoms with Gasteiger partial charge in [-0.25, -0.2) is 0 Å². The lowest BCUT2D eigenvalue weighted by molar-refractivity contribution is -0.119. The van der Waals surface area contributed by atoms with E-state index in [-0.39, 0.29) is 5.91 Å². The number of piperidine rings is 1. The zero-order valence-corrected chi connectivity index (χ0v) is 16.9. The molecule has 2 rings (SSSR count). The van der Waals surface area contributed by atoms with Gasteiger partial charge in [-0.2, -0.15) is 0 Å². The average Bonchev–Trinajstić information content (AvgIpc) is 2.62. The SMILES string of the molecule is CCN1CCN(CC(C)CNC(=NC)N2CCCC(CC(N)=O)C2)CC1. The van der Waals surface area contributed by atoms with E-state index in [9.17, 15) is 4.79 Å². The Morgan fingerprint density at radius 1 is 1.23 bits per heavy atom. The molecule has 7 nitrogen and oxygen atoms in total. The van der Waals surface area contributed by atoms with Gasteiger partial charge in [0, 0.05) is 65.8 Å². The van der Waals surface area contributed by atoms with Crippen LogP contribution in [0.1, 0.15) is 33.1 Å². The van der Waals surface area contributed by atoms with E-state index in [1.54, 1.807) is 0 Å². The Hall–Kier alpha value is -1.34. The summed E-state index contributed by atoms with van der Waals surface area (Å²) < 4.78 is 0. The van der Waals surface area contributed by atoms with Crippen molar-refractivity contribution >= 4 is 11.9 Å². The Labute approximate surface area is 159 Å². The van der Waals surface area contributed by atoms with E-state index in [4.69, 9.17) is 5.73 Å². The predicted molar refractivity (Wildman–Crippen MR) is 107 cm³/mol. The van der Waals surface area contributed by atoms with E-state index in [0.29, 0.717) is 18.3 Å². The van der Waals surface area contributed by atoms with Crippen molar-refractivity contribution in [2.45, 2.75) is 33.1 Å². The quantitative estimate of drug-likeness (QED) is 0.504. The lowest BCUT2D eigenvalue weighted by Crippen LogP contribution is -2.50. The van der Waals surface area contributed by atoms with Crippen molar-refractivity contribution in [3.8, 4) is 0 Å². The average molecular weight is 367 g/mol. The number of primary amides is 1. The Morgan fingerprint density at radius 3 is 2.54 bits per heavy atom. The fourth-order valence-corrected chi connectivity index (χ4v) is 4.10. The minimum Gasteiger partial charge on any atom is -0.370 e. The number of nitrogens with one attached hydrogen (secondary N) is 1. The summed E-state index contributed by atoms with van der Waals surface area (Å²) in [5.41, 5.74) is 5.37. The standard InChI is InChI=1S/C19H38N6O/c1-4-23-8-10-24(11-9-23)14-16(2)13-22-19(21-3)25-7-5-6-17(15-25)12-18(20)26/h16-17H,4-15H2,1-3H3,(H2,20,26)(H,21,22). The lowest BCUT2D eigenvalue weighted by Gasteiger charge is -2.36. The van der Waals surface area contributed by atoms with Gasteiger partial charge >= 0.3 is 0 Å². The maximum atomic E-state index is 11.2. The fraction of sp³-hybridized carbons (Fsp3) is 0.895. The van der Waals surface area contributed by atoms with Crippen LogP contribution < -0.4 is 11.1 Å². The van der Waals surface area contributed by atoms with Crippen LogP contribution in [-0.4, -0.2) is 92.5 Å². The largest absolute Gasteiger partial charge is 0.370 e. The van der Waals surface area contributed by atoms with Crippen molar-refractivity contribution in [1.29, 1.82) is 0 Å². The van der Waals surface area contributed by atoms with Crippen LogP contribution in [0.5, 0.6) is 0 Å². The third-order valence-electron chi connectivity index (χ3n) is 5.61. The molecule has 7 heteroatoms. The molecule has 1 amide bonds. The van der Waals surface area contributed by atoms with Gasteiger partial charge in [0.25, 0.3) is 0 Å². The summed E-state index contributed by atoms with van der Waals surface area (Å²) in [6.07, 6.45) is 2.65. The topological polar surface area (TPSA) is 77.2 Å². The highest BCUT2D eigenvalue weighted by molar-refractivity contribution is 5.80. The molecule has 2 heterocycles. The molecule has 150 valence electrons. The van der Waals surface area contributed by atoms with Crippen LogP contribution in [-0.2, 0) is 4.79 Å². The molecule has 0 bridgehead atoms. The van der Waals surface area contributed by atoms with Gasteiger partial charge in [0.2, 0.25) is 5.91 Å². The Balaban J connectivity index is 1.73. The summed E-state index contributed by atoms with van der Waals surface area (Å²) in [4.78, 5) is 23.0. The fourth-order valence-electron chi connectivity index (χ4n) is 4.10. The molecule has 2 saturated heterocycles. The van der Waals surface area contributed by atoms with Gasteiger partial charge in [0.1, 0.15) is 0 Å². The number of hydrogen-bond donors (Lipinski definition) is 2. The van der Waals surface area contributed by atoms with Crippen LogP contribution in [0, 0.1) is 11.8 Å². The molecular formula is C19H38N6O. The van der Waals surface area contributed by atoms with Gasteiger partial charge in [0.15, 0.2) is 5.96 Å². The van der Waals surface area contributed by atoms with Crippen LogP contribution in [0.15, 0.2) is 4.99 Å². The van der Waals surface area contributed by atoms with Gasteiger partial charge in [-0.3, -0.25) is 9.79 Å². The highest BCUT2D eigenvalue weighted by atomic mass is 16.1. The Kier molecular flexibility index (Phi) is 8.65. The van der Waals surface area contributed by atoms with Gasteiger partial charge in [0.05, 0.1) is 0 Å². The number of piperazine rings is 1. The Morgan fingerprint density at radius 2 is 1.92 bits per heavy atom. The molecule has 0 aromatic rings. The summed E-state index contributed by atoms with van der Waals surface area (Å²) >= 11 is 0. The van der Waals surface area contributed by atoms with Gasteiger partial charge in [-0.15, -0.1) is 0 Å². The number of nitrogens with two attached hydrogens (primary N) is 1. The van der Waals surface area contributed by atoms with Crippen molar-refractivity contribution in [3.05, 3.63) is 0 Å². The number of amides is 1. The third kappa shape index (κ3) is 6.76. The molecule has 0 aromatic heterocycles. The number of nitrogens with zero attached hydrogens (tertiary/aromatic N) is 4. The number of carbonyl (C=O) groups excluding carboxylic acids is 1. The number of guanidine groups is 1. The third-order valence-corrected chi connectivity index (χ3v) is 5.61. The number of hydrogen-bond acceptors (Lipinski definition) is 4. The predicted octanol–water partition coefficient (Wildman–Crippen LogP) is 0.423. The molecule has 2 aliphatic heterocycles. The summed E-state index contributed by atoms with van der Waals surface area (Å²) in [6, 6.07) is 0. The first-order valence-electron chi connectivity index (χ1n) is 10.2. The molecule has 2 unspecified atom stereocenters. The zero-order chi connectivity index (χ0) is 18.9. The molecule has 0 radical (unpaired) electrons.